The predicted octanol–water partition coefficient (Wildman–Crippen LogP) is 6.28. The molecule has 2 aliphatic heterocycles. The summed E-state index contributed by atoms with van der Waals surface area (Å²) in [5, 5.41) is 13.9. The van der Waals surface area contributed by atoms with Crippen LogP contribution < -0.4 is 0 Å². The number of alkyl halides is 3. The van der Waals surface area contributed by atoms with Crippen molar-refractivity contribution in [3.8, 4) is 0 Å². The number of benzene rings is 2. The molecule has 2 fully saturated rings. The van der Waals surface area contributed by atoms with Crippen LogP contribution in [0, 0.1) is 0 Å². The summed E-state index contributed by atoms with van der Waals surface area (Å²) < 4.78 is 69.8. The van der Waals surface area contributed by atoms with E-state index in [2.05, 4.69) is 5.10 Å². The van der Waals surface area contributed by atoms with E-state index in [4.69, 9.17) is 11.6 Å². The summed E-state index contributed by atoms with van der Waals surface area (Å²) >= 11 is 6.54. The van der Waals surface area contributed by atoms with E-state index in [1.54, 1.807) is 18.2 Å². The third kappa shape index (κ3) is 6.61. The maximum absolute atomic E-state index is 13.6. The molecule has 1 N–H and O–H groups in total. The van der Waals surface area contributed by atoms with E-state index in [-0.39, 0.29) is 48.0 Å². The van der Waals surface area contributed by atoms with Crippen molar-refractivity contribution in [1.82, 2.24) is 23.3 Å². The molecule has 3 aromatic rings. The van der Waals surface area contributed by atoms with E-state index >= 15 is 0 Å². The van der Waals surface area contributed by atoms with Crippen LogP contribution in [0.3, 0.4) is 0 Å². The van der Waals surface area contributed by atoms with Gasteiger partial charge in [0.25, 0.3) is 11.1 Å². The van der Waals surface area contributed by atoms with Gasteiger partial charge in [0.2, 0.25) is 0 Å². The molecule has 0 atom stereocenters. The molecule has 11 nitrogen and oxygen atoms in total. The van der Waals surface area contributed by atoms with E-state index < -0.39 is 50.8 Å². The Morgan fingerprint density at radius 1 is 1.13 bits per heavy atom. The Hall–Kier alpha value is -3.60. The Morgan fingerprint density at radius 2 is 1.80 bits per heavy atom. The third-order valence-corrected chi connectivity index (χ3v) is 10.9. The number of carboxylic acid groups (broad SMARTS) is 1. The topological polar surface area (TPSA) is 133 Å². The van der Waals surface area contributed by atoms with Gasteiger partial charge in [0, 0.05) is 29.5 Å². The van der Waals surface area contributed by atoms with Gasteiger partial charge in [-0.15, -0.1) is 0 Å². The van der Waals surface area contributed by atoms with Gasteiger partial charge in [-0.3, -0.25) is 19.2 Å². The number of carbonyl (C=O) groups excluding carboxylic acids is 2. The molecule has 46 heavy (non-hydrogen) atoms. The molecule has 1 aromatic heterocycles. The Balaban J connectivity index is 1.30. The molecule has 0 spiro atoms. The SMILES string of the molecule is CC(C)(C)N(C(=O)O)S(=O)(=O)N1CCC(N2C(=O)SC(=Cc3ccc4c(cnn4Cc4ccc(Cl)cc4C(F)(F)F)c3)C2=O)CC1. The Kier molecular flexibility index (Phi) is 8.96. The van der Waals surface area contributed by atoms with Gasteiger partial charge in [-0.05, 0) is 86.8 Å². The molecule has 2 aromatic carbocycles. The van der Waals surface area contributed by atoms with Gasteiger partial charge in [0.15, 0.2) is 0 Å². The average molecular weight is 700 g/mol. The fourth-order valence-corrected chi connectivity index (χ4v) is 8.42. The highest BCUT2D eigenvalue weighted by atomic mass is 35.5. The van der Waals surface area contributed by atoms with Crippen LogP contribution in [0.15, 0.2) is 47.5 Å². The lowest BCUT2D eigenvalue weighted by atomic mass is 10.1. The van der Waals surface area contributed by atoms with Gasteiger partial charge >= 0.3 is 22.5 Å². The lowest BCUT2D eigenvalue weighted by Crippen LogP contribution is -2.57. The summed E-state index contributed by atoms with van der Waals surface area (Å²) in [6.07, 6.45) is -2.89. The number of thioether (sulfide) groups is 1. The maximum atomic E-state index is 13.6. The molecule has 0 saturated carbocycles. The molecule has 17 heteroatoms. The average Bonchev–Trinajstić information content (AvgIpc) is 3.46. The summed E-state index contributed by atoms with van der Waals surface area (Å²) in [5.41, 5.74) is -0.944. The minimum atomic E-state index is -4.60. The minimum Gasteiger partial charge on any atom is -0.464 e. The second-order valence-electron chi connectivity index (χ2n) is 11.8. The summed E-state index contributed by atoms with van der Waals surface area (Å²) in [4.78, 5) is 39.2. The number of fused-ring (bicyclic) bond motifs is 1. The number of halogens is 4. The van der Waals surface area contributed by atoms with Gasteiger partial charge in [0.05, 0.1) is 34.3 Å². The van der Waals surface area contributed by atoms with Crippen molar-refractivity contribution in [2.75, 3.05) is 13.1 Å². The van der Waals surface area contributed by atoms with E-state index in [1.807, 2.05) is 0 Å². The van der Waals surface area contributed by atoms with Crippen LogP contribution in [0.2, 0.25) is 5.02 Å². The van der Waals surface area contributed by atoms with Crippen molar-refractivity contribution in [3.63, 3.8) is 0 Å². The first-order valence-electron chi connectivity index (χ1n) is 14.0. The molecular formula is C29H29ClF3N5O6S2. The first-order chi connectivity index (χ1) is 21.4. The van der Waals surface area contributed by atoms with Crippen LogP contribution in [0.4, 0.5) is 22.8 Å². The minimum absolute atomic E-state index is 0.00324. The number of rotatable bonds is 6. The van der Waals surface area contributed by atoms with E-state index in [0.29, 0.717) is 20.8 Å². The second-order valence-corrected chi connectivity index (χ2v) is 15.0. The third-order valence-electron chi connectivity index (χ3n) is 7.61. The smallest absolute Gasteiger partial charge is 0.422 e. The molecule has 5 rings (SSSR count). The summed E-state index contributed by atoms with van der Waals surface area (Å²) in [6, 6.07) is 8.01. The zero-order chi connectivity index (χ0) is 33.8. The monoisotopic (exact) mass is 699 g/mol. The Bertz CT molecular complexity index is 1860. The summed E-state index contributed by atoms with van der Waals surface area (Å²) in [5.74, 6) is -0.531. The summed E-state index contributed by atoms with van der Waals surface area (Å²) in [7, 11) is -4.35. The van der Waals surface area contributed by atoms with Crippen molar-refractivity contribution >= 4 is 67.8 Å². The number of amides is 3. The standard InChI is InChI=1S/C29H29ClF3N5O6S2/c1-28(2,3)38(26(40)41)46(43,44)35-10-8-21(9-11-35)37-25(39)24(45-27(37)42)13-17-4-7-23-19(12-17)15-34-36(23)16-18-5-6-20(30)14-22(18)29(31,32)33/h4-7,12-15,21H,8-11,16H2,1-3H3,(H,40,41). The lowest BCUT2D eigenvalue weighted by molar-refractivity contribution is -0.138. The molecule has 2 saturated heterocycles. The molecule has 3 amide bonds. The molecular weight excluding hydrogens is 671 g/mol. The van der Waals surface area contributed by atoms with Crippen LogP contribution in [-0.2, 0) is 27.7 Å². The largest absolute Gasteiger partial charge is 0.464 e. The van der Waals surface area contributed by atoms with Crippen molar-refractivity contribution in [2.45, 2.75) is 57.9 Å². The number of aromatic nitrogens is 2. The molecule has 2 aliphatic rings. The number of imide groups is 1. The second kappa shape index (κ2) is 12.2. The van der Waals surface area contributed by atoms with Gasteiger partial charge in [-0.2, -0.15) is 35.3 Å². The number of piperidine rings is 1. The lowest BCUT2D eigenvalue weighted by Gasteiger charge is -2.39. The van der Waals surface area contributed by atoms with Crippen LogP contribution in [0.1, 0.15) is 50.3 Å². The zero-order valence-electron chi connectivity index (χ0n) is 24.8. The molecule has 0 bridgehead atoms. The van der Waals surface area contributed by atoms with Crippen molar-refractivity contribution in [3.05, 3.63) is 69.2 Å². The first-order valence-corrected chi connectivity index (χ1v) is 16.6. The number of nitrogens with zero attached hydrogens (tertiary/aromatic N) is 5. The van der Waals surface area contributed by atoms with Crippen molar-refractivity contribution in [1.29, 1.82) is 0 Å². The van der Waals surface area contributed by atoms with E-state index in [9.17, 15) is 41.1 Å². The van der Waals surface area contributed by atoms with Crippen LogP contribution in [0.5, 0.6) is 0 Å². The van der Waals surface area contributed by atoms with Crippen LogP contribution in [0.25, 0.3) is 17.0 Å². The van der Waals surface area contributed by atoms with Gasteiger partial charge in [-0.25, -0.2) is 4.79 Å². The number of hydrogen-bond donors (Lipinski definition) is 1. The highest BCUT2D eigenvalue weighted by Crippen LogP contribution is 2.37. The molecule has 0 unspecified atom stereocenters. The molecule has 246 valence electrons. The Labute approximate surface area is 271 Å². The van der Waals surface area contributed by atoms with Gasteiger partial charge in [-0.1, -0.05) is 23.7 Å². The first kappa shape index (κ1) is 33.8. The van der Waals surface area contributed by atoms with E-state index in [0.717, 1.165) is 27.0 Å². The quantitative estimate of drug-likeness (QED) is 0.297. The van der Waals surface area contributed by atoms with Gasteiger partial charge in [0.1, 0.15) is 0 Å². The fraction of sp³-hybridized carbons (Fsp3) is 0.379. The number of carbonyl (C=O) groups is 3. The summed E-state index contributed by atoms with van der Waals surface area (Å²) in [6.45, 7) is 4.10. The van der Waals surface area contributed by atoms with Crippen LogP contribution >= 0.6 is 23.4 Å². The highest BCUT2D eigenvalue weighted by molar-refractivity contribution is 8.18. The highest BCUT2D eigenvalue weighted by Gasteiger charge is 2.45. The van der Waals surface area contributed by atoms with Crippen molar-refractivity contribution in [2.24, 2.45) is 0 Å². The predicted molar refractivity (Wildman–Crippen MR) is 166 cm³/mol. The zero-order valence-corrected chi connectivity index (χ0v) is 27.2. The number of hydrogen-bond acceptors (Lipinski definition) is 7. The van der Waals surface area contributed by atoms with Gasteiger partial charge < -0.3 is 5.11 Å². The van der Waals surface area contributed by atoms with E-state index in [1.165, 1.54) is 49.9 Å². The Morgan fingerprint density at radius 3 is 2.41 bits per heavy atom. The van der Waals surface area contributed by atoms with Crippen molar-refractivity contribution < 1.29 is 41.1 Å². The molecule has 0 radical (unpaired) electrons. The molecule has 0 aliphatic carbocycles. The fourth-order valence-electron chi connectivity index (χ4n) is 5.56. The molecule has 3 heterocycles. The normalized spacial score (nSPS) is 18.2. The van der Waals surface area contributed by atoms with Crippen LogP contribution in [-0.4, -0.2) is 78.7 Å². The maximum Gasteiger partial charge on any atom is 0.422 e.